The van der Waals surface area contributed by atoms with Crippen LogP contribution in [0.15, 0.2) is 0 Å². The largest absolute Gasteiger partial charge is 0.391 e. The summed E-state index contributed by atoms with van der Waals surface area (Å²) < 4.78 is 5.89. The zero-order chi connectivity index (χ0) is 16.5. The van der Waals surface area contributed by atoms with E-state index in [4.69, 9.17) is 4.74 Å². The summed E-state index contributed by atoms with van der Waals surface area (Å²) in [5, 5.41) is 9.62. The Labute approximate surface area is 144 Å². The fourth-order valence-electron chi connectivity index (χ4n) is 4.72. The van der Waals surface area contributed by atoms with Gasteiger partial charge in [0.05, 0.1) is 18.8 Å². The fourth-order valence-corrected chi connectivity index (χ4v) is 4.72. The number of ether oxygens (including phenoxy) is 1. The van der Waals surface area contributed by atoms with Gasteiger partial charge in [-0.1, -0.05) is 52.4 Å². The predicted molar refractivity (Wildman–Crippen MR) is 97.6 cm³/mol. The maximum atomic E-state index is 9.62. The van der Waals surface area contributed by atoms with Crippen LogP contribution < -0.4 is 0 Å². The van der Waals surface area contributed by atoms with Crippen LogP contribution in [0.4, 0.5) is 0 Å². The molecule has 0 aromatic carbocycles. The highest BCUT2D eigenvalue weighted by Gasteiger charge is 2.31. The quantitative estimate of drug-likeness (QED) is 0.550. The number of unbranched alkanes of at least 4 members (excludes halogenated alkanes) is 2. The highest BCUT2D eigenvalue weighted by Crippen LogP contribution is 2.41. The van der Waals surface area contributed by atoms with Crippen molar-refractivity contribution in [3.05, 3.63) is 0 Å². The van der Waals surface area contributed by atoms with Gasteiger partial charge in [0, 0.05) is 0 Å². The van der Waals surface area contributed by atoms with Crippen LogP contribution in [-0.4, -0.2) is 23.9 Å². The molecular formula is C21H40O2. The molecule has 0 spiro atoms. The number of aliphatic hydroxyl groups is 1. The summed E-state index contributed by atoms with van der Waals surface area (Å²) in [6, 6.07) is 0. The van der Waals surface area contributed by atoms with Crippen LogP contribution >= 0.6 is 0 Å². The average molecular weight is 325 g/mol. The summed E-state index contributed by atoms with van der Waals surface area (Å²) in [7, 11) is 0. The molecule has 2 aliphatic rings. The van der Waals surface area contributed by atoms with Crippen LogP contribution in [0.25, 0.3) is 0 Å². The Bertz CT molecular complexity index is 288. The molecule has 0 heterocycles. The minimum Gasteiger partial charge on any atom is -0.391 e. The monoisotopic (exact) mass is 324 g/mol. The van der Waals surface area contributed by atoms with Gasteiger partial charge in [0.1, 0.15) is 0 Å². The van der Waals surface area contributed by atoms with E-state index in [1.54, 1.807) is 0 Å². The molecule has 0 aromatic heterocycles. The van der Waals surface area contributed by atoms with Crippen molar-refractivity contribution >= 4 is 0 Å². The van der Waals surface area contributed by atoms with Crippen molar-refractivity contribution in [2.45, 2.75) is 110 Å². The number of aliphatic hydroxyl groups excluding tert-OH is 1. The van der Waals surface area contributed by atoms with E-state index in [2.05, 4.69) is 6.92 Å². The van der Waals surface area contributed by atoms with Crippen LogP contribution in [0.5, 0.6) is 0 Å². The van der Waals surface area contributed by atoms with Crippen LogP contribution in [0.2, 0.25) is 0 Å². The summed E-state index contributed by atoms with van der Waals surface area (Å²) in [5.41, 5.74) is 0. The molecular weight excluding hydrogens is 284 g/mol. The first-order valence-electron chi connectivity index (χ1n) is 10.5. The van der Waals surface area contributed by atoms with Crippen molar-refractivity contribution in [3.63, 3.8) is 0 Å². The van der Waals surface area contributed by atoms with Gasteiger partial charge in [0.15, 0.2) is 0 Å². The first kappa shape index (κ1) is 19.2. The average Bonchev–Trinajstić information content (AvgIpc) is 2.61. The normalized spacial score (nSPS) is 33.5. The molecule has 2 nitrogen and oxygen atoms in total. The van der Waals surface area contributed by atoms with Crippen molar-refractivity contribution in [1.82, 2.24) is 0 Å². The molecule has 23 heavy (non-hydrogen) atoms. The zero-order valence-corrected chi connectivity index (χ0v) is 15.6. The van der Waals surface area contributed by atoms with Crippen molar-refractivity contribution in [1.29, 1.82) is 0 Å². The predicted octanol–water partition coefficient (Wildman–Crippen LogP) is 5.72. The Hall–Kier alpha value is -0.0800. The lowest BCUT2D eigenvalue weighted by Crippen LogP contribution is -2.30. The lowest BCUT2D eigenvalue weighted by molar-refractivity contribution is -0.0354. The van der Waals surface area contributed by atoms with Crippen molar-refractivity contribution in [2.24, 2.45) is 17.8 Å². The van der Waals surface area contributed by atoms with Crippen LogP contribution in [0, 0.1) is 17.8 Å². The van der Waals surface area contributed by atoms with E-state index in [9.17, 15) is 5.11 Å². The second-order valence-corrected chi connectivity index (χ2v) is 8.21. The maximum absolute atomic E-state index is 9.62. The molecule has 2 aliphatic carbocycles. The highest BCUT2D eigenvalue weighted by atomic mass is 16.5. The molecule has 2 saturated carbocycles. The van der Waals surface area contributed by atoms with Crippen LogP contribution in [-0.2, 0) is 4.74 Å². The minimum atomic E-state index is -0.268. The Morgan fingerprint density at radius 3 is 2.04 bits per heavy atom. The first-order chi connectivity index (χ1) is 11.2. The summed E-state index contributed by atoms with van der Waals surface area (Å²) in [6.45, 7) is 4.86. The lowest BCUT2D eigenvalue weighted by atomic mass is 9.70. The smallest absolute Gasteiger partial charge is 0.0771 e. The maximum Gasteiger partial charge on any atom is 0.0771 e. The SMILES string of the molecule is CCCCCC1CCC(C2CCC(OCC(O)CC)CC2)CC1. The summed E-state index contributed by atoms with van der Waals surface area (Å²) in [6.07, 6.45) is 17.8. The van der Waals surface area contributed by atoms with E-state index < -0.39 is 0 Å². The number of hydrogen-bond donors (Lipinski definition) is 1. The van der Waals surface area contributed by atoms with Gasteiger partial charge in [-0.2, -0.15) is 0 Å². The molecule has 0 aliphatic heterocycles. The van der Waals surface area contributed by atoms with Gasteiger partial charge < -0.3 is 9.84 Å². The third-order valence-corrected chi connectivity index (χ3v) is 6.49. The number of hydrogen-bond acceptors (Lipinski definition) is 2. The molecule has 0 aromatic rings. The molecule has 1 unspecified atom stereocenters. The Morgan fingerprint density at radius 2 is 1.48 bits per heavy atom. The molecule has 2 heteroatoms. The van der Waals surface area contributed by atoms with Gasteiger partial charge >= 0.3 is 0 Å². The Balaban J connectivity index is 1.59. The summed E-state index contributed by atoms with van der Waals surface area (Å²) in [5.74, 6) is 3.00. The molecule has 2 fully saturated rings. The second-order valence-electron chi connectivity index (χ2n) is 8.21. The van der Waals surface area contributed by atoms with E-state index >= 15 is 0 Å². The molecule has 1 atom stereocenters. The van der Waals surface area contributed by atoms with Crippen LogP contribution in [0.1, 0.15) is 97.3 Å². The van der Waals surface area contributed by atoms with E-state index in [0.29, 0.717) is 12.7 Å². The summed E-state index contributed by atoms with van der Waals surface area (Å²) >= 11 is 0. The lowest BCUT2D eigenvalue weighted by Gasteiger charge is -2.38. The van der Waals surface area contributed by atoms with E-state index in [1.807, 2.05) is 6.92 Å². The van der Waals surface area contributed by atoms with E-state index in [1.165, 1.54) is 77.0 Å². The van der Waals surface area contributed by atoms with Gasteiger partial charge in [-0.25, -0.2) is 0 Å². The fraction of sp³-hybridized carbons (Fsp3) is 1.00. The Morgan fingerprint density at radius 1 is 0.870 bits per heavy atom. The third-order valence-electron chi connectivity index (χ3n) is 6.49. The van der Waals surface area contributed by atoms with Gasteiger partial charge in [0.2, 0.25) is 0 Å². The van der Waals surface area contributed by atoms with Crippen molar-refractivity contribution in [3.8, 4) is 0 Å². The molecule has 2 rings (SSSR count). The number of rotatable bonds is 9. The van der Waals surface area contributed by atoms with Crippen molar-refractivity contribution < 1.29 is 9.84 Å². The van der Waals surface area contributed by atoms with Gasteiger partial charge in [-0.3, -0.25) is 0 Å². The Kier molecular flexibility index (Phi) is 8.97. The second kappa shape index (κ2) is 10.7. The molecule has 136 valence electrons. The molecule has 0 radical (unpaired) electrons. The molecule has 0 amide bonds. The summed E-state index contributed by atoms with van der Waals surface area (Å²) in [4.78, 5) is 0. The standard InChI is InChI=1S/C21H40O2/c1-3-5-6-7-17-8-10-18(11-9-17)19-12-14-21(15-13-19)23-16-20(22)4-2/h17-22H,3-16H2,1-2H3. The first-order valence-corrected chi connectivity index (χ1v) is 10.5. The molecule has 0 bridgehead atoms. The minimum absolute atomic E-state index is 0.268. The van der Waals surface area contributed by atoms with Gasteiger partial charge in [0.25, 0.3) is 0 Å². The molecule has 1 N–H and O–H groups in total. The van der Waals surface area contributed by atoms with E-state index in [-0.39, 0.29) is 6.10 Å². The van der Waals surface area contributed by atoms with Gasteiger partial charge in [-0.05, 0) is 62.7 Å². The third kappa shape index (κ3) is 6.74. The highest BCUT2D eigenvalue weighted by molar-refractivity contribution is 4.82. The van der Waals surface area contributed by atoms with E-state index in [0.717, 1.165) is 24.2 Å². The zero-order valence-electron chi connectivity index (χ0n) is 15.6. The van der Waals surface area contributed by atoms with Crippen LogP contribution in [0.3, 0.4) is 0 Å². The van der Waals surface area contributed by atoms with Crippen molar-refractivity contribution in [2.75, 3.05) is 6.61 Å². The molecule has 0 saturated heterocycles. The van der Waals surface area contributed by atoms with Gasteiger partial charge in [-0.15, -0.1) is 0 Å². The topological polar surface area (TPSA) is 29.5 Å².